The first-order valence-corrected chi connectivity index (χ1v) is 11.5. The summed E-state index contributed by atoms with van der Waals surface area (Å²) >= 11 is 0. The van der Waals surface area contributed by atoms with Crippen LogP contribution in [-0.4, -0.2) is 58.7 Å². The summed E-state index contributed by atoms with van der Waals surface area (Å²) in [7, 11) is 1.81. The molecule has 0 bridgehead atoms. The summed E-state index contributed by atoms with van der Waals surface area (Å²) < 4.78 is 13.0. The predicted molar refractivity (Wildman–Crippen MR) is 136 cm³/mol. The fraction of sp³-hybridized carbons (Fsp3) is 0.222. The van der Waals surface area contributed by atoms with E-state index in [1.165, 1.54) is 24.5 Å². The van der Waals surface area contributed by atoms with Crippen LogP contribution in [0.4, 0.5) is 10.1 Å². The lowest BCUT2D eigenvalue weighted by Gasteiger charge is -2.19. The highest BCUT2D eigenvalue weighted by molar-refractivity contribution is 5.98. The van der Waals surface area contributed by atoms with Gasteiger partial charge in [0.2, 0.25) is 5.91 Å². The number of amides is 3. The monoisotopic (exact) mass is 508 g/mol. The number of carbonyl (C=O) groups is 3. The summed E-state index contributed by atoms with van der Waals surface area (Å²) in [5, 5.41) is 23.7. The lowest BCUT2D eigenvalue weighted by atomic mass is 10.0. The van der Waals surface area contributed by atoms with Crippen LogP contribution in [0.5, 0.6) is 0 Å². The van der Waals surface area contributed by atoms with Crippen molar-refractivity contribution in [3.63, 3.8) is 0 Å². The van der Waals surface area contributed by atoms with Crippen LogP contribution in [0.25, 0.3) is 11.1 Å². The smallest absolute Gasteiger partial charge is 0.268 e. The number of nitrogens with one attached hydrogen (secondary N) is 3. The average molecular weight is 509 g/mol. The second-order valence-corrected chi connectivity index (χ2v) is 8.67. The van der Waals surface area contributed by atoms with E-state index >= 15 is 0 Å². The molecule has 0 spiro atoms. The highest BCUT2D eigenvalue weighted by Crippen LogP contribution is 2.22. The third-order valence-electron chi connectivity index (χ3n) is 5.59. The Morgan fingerprint density at radius 2 is 1.49 bits per heavy atom. The molecule has 0 aliphatic heterocycles. The zero-order chi connectivity index (χ0) is 26.9. The second kappa shape index (κ2) is 12.7. The molecule has 37 heavy (non-hydrogen) atoms. The first-order valence-electron chi connectivity index (χ1n) is 11.5. The molecule has 0 aromatic heterocycles. The van der Waals surface area contributed by atoms with Crippen LogP contribution >= 0.6 is 0 Å². The van der Waals surface area contributed by atoms with Crippen LogP contribution in [0.3, 0.4) is 0 Å². The number of likely N-dealkylation sites (N-methyl/N-ethyl adjacent to an activating group) is 1. The van der Waals surface area contributed by atoms with E-state index in [1.54, 1.807) is 48.5 Å². The maximum Gasteiger partial charge on any atom is 0.268 e. The van der Waals surface area contributed by atoms with Crippen molar-refractivity contribution >= 4 is 23.4 Å². The first kappa shape index (κ1) is 27.5. The number of anilines is 1. The van der Waals surface area contributed by atoms with Gasteiger partial charge in [0.1, 0.15) is 11.9 Å². The highest BCUT2D eigenvalue weighted by Gasteiger charge is 2.25. The Morgan fingerprint density at radius 1 is 0.919 bits per heavy atom. The third kappa shape index (κ3) is 7.94. The number of halogens is 1. The molecular formula is C27H29FN4O5. The van der Waals surface area contributed by atoms with Gasteiger partial charge in [-0.1, -0.05) is 36.4 Å². The molecule has 9 nitrogen and oxygen atoms in total. The largest absolute Gasteiger partial charge is 0.391 e. The molecule has 5 N–H and O–H groups in total. The molecule has 0 fully saturated rings. The summed E-state index contributed by atoms with van der Waals surface area (Å²) in [5.74, 6) is -1.99. The van der Waals surface area contributed by atoms with Crippen molar-refractivity contribution in [1.29, 1.82) is 0 Å². The Labute approximate surface area is 213 Å². The predicted octanol–water partition coefficient (Wildman–Crippen LogP) is 2.55. The molecule has 0 saturated carbocycles. The van der Waals surface area contributed by atoms with Crippen molar-refractivity contribution in [2.45, 2.75) is 25.6 Å². The number of hydrogen-bond donors (Lipinski definition) is 5. The van der Waals surface area contributed by atoms with Crippen molar-refractivity contribution in [2.75, 3.05) is 18.9 Å². The molecule has 0 unspecified atom stereocenters. The van der Waals surface area contributed by atoms with Gasteiger partial charge in [0.25, 0.3) is 11.8 Å². The van der Waals surface area contributed by atoms with Crippen LogP contribution in [0, 0.1) is 5.82 Å². The average Bonchev–Trinajstić information content (AvgIpc) is 2.88. The van der Waals surface area contributed by atoms with Crippen LogP contribution in [0.15, 0.2) is 72.8 Å². The molecular weight excluding hydrogens is 479 g/mol. The van der Waals surface area contributed by atoms with Gasteiger partial charge in [0.15, 0.2) is 0 Å². The van der Waals surface area contributed by atoms with Gasteiger partial charge in [0.05, 0.1) is 12.6 Å². The van der Waals surface area contributed by atoms with Crippen LogP contribution in [0.1, 0.15) is 22.8 Å². The van der Waals surface area contributed by atoms with Crippen LogP contribution < -0.4 is 16.1 Å². The van der Waals surface area contributed by atoms with Crippen molar-refractivity contribution in [3.05, 3.63) is 89.7 Å². The first-order chi connectivity index (χ1) is 17.7. The molecule has 10 heteroatoms. The van der Waals surface area contributed by atoms with Gasteiger partial charge in [-0.2, -0.15) is 0 Å². The number of hydroxylamine groups is 1. The summed E-state index contributed by atoms with van der Waals surface area (Å²) in [6.45, 7) is 2.00. The molecule has 3 rings (SSSR count). The van der Waals surface area contributed by atoms with E-state index in [0.29, 0.717) is 12.2 Å². The van der Waals surface area contributed by atoms with Crippen molar-refractivity contribution in [3.8, 4) is 11.1 Å². The minimum absolute atomic E-state index is 0.165. The van der Waals surface area contributed by atoms with E-state index in [-0.39, 0.29) is 23.8 Å². The van der Waals surface area contributed by atoms with Gasteiger partial charge in [0, 0.05) is 17.8 Å². The Hall–Kier alpha value is -4.12. The van der Waals surface area contributed by atoms with Gasteiger partial charge in [-0.05, 0) is 67.1 Å². The Bertz CT molecular complexity index is 1220. The van der Waals surface area contributed by atoms with E-state index in [0.717, 1.165) is 16.7 Å². The topological polar surface area (TPSA) is 131 Å². The third-order valence-corrected chi connectivity index (χ3v) is 5.59. The van der Waals surface area contributed by atoms with E-state index in [4.69, 9.17) is 5.21 Å². The highest BCUT2D eigenvalue weighted by atomic mass is 19.1. The molecule has 0 aliphatic carbocycles. The summed E-state index contributed by atoms with van der Waals surface area (Å²) in [6.07, 6.45) is -1.20. The maximum absolute atomic E-state index is 13.0. The molecule has 0 radical (unpaired) electrons. The molecule has 2 atom stereocenters. The van der Waals surface area contributed by atoms with Crippen LogP contribution in [-0.2, 0) is 16.1 Å². The SMILES string of the molecule is C[C@@H](O)[C@H](NC(=O)c1ccc(-c2ccc(NC(=O)CN(C)Cc3ccc(F)cc3)cc2)cc1)C(=O)NO. The van der Waals surface area contributed by atoms with E-state index in [2.05, 4.69) is 10.6 Å². The number of rotatable bonds is 10. The molecule has 0 aliphatic rings. The Kier molecular flexibility index (Phi) is 9.45. The molecule has 3 aromatic carbocycles. The number of aliphatic hydroxyl groups is 1. The quantitative estimate of drug-likeness (QED) is 0.211. The maximum atomic E-state index is 13.0. The fourth-order valence-electron chi connectivity index (χ4n) is 3.66. The molecule has 3 aromatic rings. The molecule has 0 saturated heterocycles. The summed E-state index contributed by atoms with van der Waals surface area (Å²) in [6, 6.07) is 18.7. The van der Waals surface area contributed by atoms with E-state index in [1.807, 2.05) is 24.1 Å². The second-order valence-electron chi connectivity index (χ2n) is 8.67. The van der Waals surface area contributed by atoms with Gasteiger partial charge in [-0.3, -0.25) is 24.5 Å². The Balaban J connectivity index is 1.55. The van der Waals surface area contributed by atoms with Gasteiger partial charge >= 0.3 is 0 Å². The summed E-state index contributed by atoms with van der Waals surface area (Å²) in [5.41, 5.74) is 4.91. The normalized spacial score (nSPS) is 12.5. The number of aliphatic hydroxyl groups excluding tert-OH is 1. The molecule has 0 heterocycles. The number of carbonyl (C=O) groups excluding carboxylic acids is 3. The van der Waals surface area contributed by atoms with Crippen molar-refractivity contribution in [1.82, 2.24) is 15.7 Å². The summed E-state index contributed by atoms with van der Waals surface area (Å²) in [4.78, 5) is 38.3. The minimum Gasteiger partial charge on any atom is -0.391 e. The minimum atomic E-state index is -1.30. The van der Waals surface area contributed by atoms with E-state index < -0.39 is 24.0 Å². The Morgan fingerprint density at radius 3 is 2.03 bits per heavy atom. The zero-order valence-corrected chi connectivity index (χ0v) is 20.4. The van der Waals surface area contributed by atoms with Crippen molar-refractivity contribution < 1.29 is 29.1 Å². The van der Waals surface area contributed by atoms with Crippen LogP contribution in [0.2, 0.25) is 0 Å². The van der Waals surface area contributed by atoms with E-state index in [9.17, 15) is 23.9 Å². The molecule has 194 valence electrons. The van der Waals surface area contributed by atoms with Gasteiger partial charge in [-0.15, -0.1) is 0 Å². The van der Waals surface area contributed by atoms with Gasteiger partial charge < -0.3 is 15.7 Å². The number of benzene rings is 3. The lowest BCUT2D eigenvalue weighted by molar-refractivity contribution is -0.133. The molecule has 3 amide bonds. The lowest BCUT2D eigenvalue weighted by Crippen LogP contribution is -2.51. The van der Waals surface area contributed by atoms with Crippen molar-refractivity contribution in [2.24, 2.45) is 0 Å². The number of nitrogens with zero attached hydrogens (tertiary/aromatic N) is 1. The zero-order valence-electron chi connectivity index (χ0n) is 20.4. The standard InChI is InChI=1S/C27H29FN4O5/c1-17(33)25(27(36)31-37)30-26(35)21-7-5-19(6-8-21)20-9-13-23(14-10-20)29-24(34)16-32(2)15-18-3-11-22(28)12-4-18/h3-14,17,25,33,37H,15-16H2,1-2H3,(H,29,34)(H,30,35)(H,31,36)/t17-,25+/m1/s1. The fourth-order valence-corrected chi connectivity index (χ4v) is 3.66. The number of hydrogen-bond acceptors (Lipinski definition) is 6. The van der Waals surface area contributed by atoms with Gasteiger partial charge in [-0.25, -0.2) is 9.87 Å².